The summed E-state index contributed by atoms with van der Waals surface area (Å²) >= 11 is 1.62. The van der Waals surface area contributed by atoms with Crippen LogP contribution in [0, 0.1) is 0 Å². The van der Waals surface area contributed by atoms with Crippen LogP contribution in [0.5, 0.6) is 5.75 Å². The predicted molar refractivity (Wildman–Crippen MR) is 121 cm³/mol. The van der Waals surface area contributed by atoms with Crippen molar-refractivity contribution in [2.24, 2.45) is 0 Å². The van der Waals surface area contributed by atoms with Crippen molar-refractivity contribution in [1.82, 2.24) is 0 Å². The molecule has 1 aliphatic heterocycles. The Bertz CT molecular complexity index is 799. The lowest BCUT2D eigenvalue weighted by molar-refractivity contribution is 0.00578. The van der Waals surface area contributed by atoms with Crippen molar-refractivity contribution in [3.05, 3.63) is 35.2 Å². The van der Waals surface area contributed by atoms with E-state index in [1.54, 1.807) is 11.3 Å². The van der Waals surface area contributed by atoms with E-state index in [-0.39, 0.29) is 18.0 Å². The summed E-state index contributed by atoms with van der Waals surface area (Å²) in [5, 5.41) is 2.14. The lowest BCUT2D eigenvalue weighted by Crippen LogP contribution is -2.41. The van der Waals surface area contributed by atoms with Gasteiger partial charge in [-0.2, -0.15) is 0 Å². The Kier molecular flexibility index (Phi) is 7.10. The molecule has 0 amide bonds. The largest absolute Gasteiger partial charge is 0.509 e. The molecule has 158 valence electrons. The topological polar surface area (TPSA) is 36.9 Å². The maximum Gasteiger partial charge on any atom is 0.509 e. The second-order valence-electron chi connectivity index (χ2n) is 8.49. The van der Waals surface area contributed by atoms with Crippen molar-refractivity contribution in [3.63, 3.8) is 0 Å². The number of unbranched alkanes of at least 4 members (excludes halogenated alkanes) is 1. The van der Waals surface area contributed by atoms with Gasteiger partial charge in [0.25, 0.3) is 0 Å². The second kappa shape index (κ2) is 9.21. The zero-order chi connectivity index (χ0) is 21.1. The summed E-state index contributed by atoms with van der Waals surface area (Å²) in [5.41, 5.74) is 2.79. The minimum absolute atomic E-state index is 0.211. The Morgan fingerprint density at radius 2 is 1.79 bits per heavy atom. The molecule has 2 aromatic rings. The van der Waals surface area contributed by atoms with Crippen LogP contribution in [0.2, 0.25) is 0 Å². The molecule has 0 unspecified atom stereocenters. The molecule has 0 atom stereocenters. The van der Waals surface area contributed by atoms with Crippen molar-refractivity contribution < 1.29 is 18.8 Å². The van der Waals surface area contributed by atoms with Crippen LogP contribution in [-0.4, -0.2) is 31.7 Å². The lowest BCUT2D eigenvalue weighted by Gasteiger charge is -2.32. The molecule has 2 heterocycles. The minimum atomic E-state index is -0.446. The second-order valence-corrected chi connectivity index (χ2v) is 9.40. The first-order valence-corrected chi connectivity index (χ1v) is 11.4. The van der Waals surface area contributed by atoms with E-state index < -0.39 is 7.12 Å². The molecule has 0 spiro atoms. The number of thiophene rings is 1. The smallest absolute Gasteiger partial charge is 0.466 e. The van der Waals surface area contributed by atoms with Gasteiger partial charge in [0.15, 0.2) is 6.79 Å². The summed E-state index contributed by atoms with van der Waals surface area (Å²) in [4.78, 5) is 0. The molecule has 0 aliphatic carbocycles. The third kappa shape index (κ3) is 4.88. The predicted octanol–water partition coefficient (Wildman–Crippen LogP) is 5.43. The van der Waals surface area contributed by atoms with Crippen LogP contribution in [0.25, 0.3) is 11.1 Å². The van der Waals surface area contributed by atoms with Crippen molar-refractivity contribution in [1.29, 1.82) is 0 Å². The maximum absolute atomic E-state index is 6.29. The van der Waals surface area contributed by atoms with Gasteiger partial charge in [-0.25, -0.2) is 0 Å². The van der Waals surface area contributed by atoms with Gasteiger partial charge in [-0.1, -0.05) is 37.6 Å². The van der Waals surface area contributed by atoms with Crippen LogP contribution < -0.4 is 9.51 Å². The lowest BCUT2D eigenvalue weighted by atomic mass is 9.85. The zero-order valence-electron chi connectivity index (χ0n) is 18.5. The van der Waals surface area contributed by atoms with Crippen molar-refractivity contribution in [2.45, 2.75) is 72.0 Å². The molecular weight excluding hydrogens is 383 g/mol. The molecule has 0 radical (unpaired) electrons. The number of aryl methyl sites for hydroxylation is 1. The van der Waals surface area contributed by atoms with E-state index in [9.17, 15) is 0 Å². The molecule has 29 heavy (non-hydrogen) atoms. The molecule has 1 fully saturated rings. The first kappa shape index (κ1) is 22.4. The number of hydrogen-bond acceptors (Lipinski definition) is 5. The molecule has 0 bridgehead atoms. The average Bonchev–Trinajstić information content (AvgIpc) is 3.18. The summed E-state index contributed by atoms with van der Waals surface area (Å²) in [6.45, 7) is 13.3. The first-order chi connectivity index (χ1) is 13.8. The van der Waals surface area contributed by atoms with E-state index in [1.807, 2.05) is 6.92 Å². The molecule has 0 saturated carbocycles. The van der Waals surface area contributed by atoms with Gasteiger partial charge in [0.1, 0.15) is 5.75 Å². The van der Waals surface area contributed by atoms with E-state index in [0.717, 1.165) is 28.1 Å². The van der Waals surface area contributed by atoms with Crippen LogP contribution in [0.3, 0.4) is 0 Å². The molecule has 4 nitrogen and oxygen atoms in total. The summed E-state index contributed by atoms with van der Waals surface area (Å²) in [6.07, 6.45) is 3.48. The van der Waals surface area contributed by atoms with E-state index in [1.165, 1.54) is 18.4 Å². The van der Waals surface area contributed by atoms with Gasteiger partial charge in [-0.05, 0) is 58.6 Å². The van der Waals surface area contributed by atoms with Crippen LogP contribution in [-0.2, 0) is 20.5 Å². The number of benzene rings is 1. The van der Waals surface area contributed by atoms with E-state index >= 15 is 0 Å². The fraction of sp³-hybridized carbons (Fsp3) is 0.565. The minimum Gasteiger partial charge on any atom is -0.466 e. The monoisotopic (exact) mass is 416 g/mol. The first-order valence-electron chi connectivity index (χ1n) is 10.6. The van der Waals surface area contributed by atoms with Crippen molar-refractivity contribution in [3.8, 4) is 16.9 Å². The summed E-state index contributed by atoms with van der Waals surface area (Å²) in [5.74, 6) is 0.801. The summed E-state index contributed by atoms with van der Waals surface area (Å²) in [7, 11) is -0.446. The summed E-state index contributed by atoms with van der Waals surface area (Å²) < 4.78 is 25.1. The van der Waals surface area contributed by atoms with Gasteiger partial charge in [-0.15, -0.1) is 11.3 Å². The highest BCUT2D eigenvalue weighted by Gasteiger charge is 2.53. The van der Waals surface area contributed by atoms with Crippen LogP contribution in [0.15, 0.2) is 29.6 Å². The van der Waals surface area contributed by atoms with Gasteiger partial charge in [0, 0.05) is 17.6 Å². The molecule has 1 saturated heterocycles. The molecule has 3 rings (SSSR count). The third-order valence-corrected chi connectivity index (χ3v) is 6.77. The van der Waals surface area contributed by atoms with E-state index in [2.05, 4.69) is 64.3 Å². The molecule has 1 aromatic heterocycles. The molecule has 1 aromatic carbocycles. The fourth-order valence-corrected chi connectivity index (χ4v) is 4.25. The Morgan fingerprint density at radius 1 is 1.07 bits per heavy atom. The SMILES string of the molecule is CCCCc1cccc(-c2csc(B3OC(C)(C)C(C)(C)O3)c2OCOCC)c1. The number of ether oxygens (including phenoxy) is 2. The maximum atomic E-state index is 6.29. The van der Waals surface area contributed by atoms with Crippen LogP contribution >= 0.6 is 11.3 Å². The van der Waals surface area contributed by atoms with Gasteiger partial charge in [0.2, 0.25) is 0 Å². The highest BCUT2D eigenvalue weighted by atomic mass is 32.1. The number of hydrogen-bond donors (Lipinski definition) is 0. The highest BCUT2D eigenvalue weighted by Crippen LogP contribution is 2.40. The summed E-state index contributed by atoms with van der Waals surface area (Å²) in [6, 6.07) is 8.72. The quantitative estimate of drug-likeness (QED) is 0.310. The van der Waals surface area contributed by atoms with Crippen LogP contribution in [0.4, 0.5) is 0 Å². The molecule has 1 aliphatic rings. The molecule has 6 heteroatoms. The standard InChI is InChI=1S/C23H33BO4S/c1-7-9-11-17-12-10-13-18(14-17)19-15-29-21(20(19)26-16-25-8-2)24-27-22(3,4)23(5,6)28-24/h10,12-15H,7-9,11,16H2,1-6H3. The van der Waals surface area contributed by atoms with Gasteiger partial charge in [0.05, 0.1) is 16.0 Å². The Hall–Kier alpha value is -1.34. The normalized spacial score (nSPS) is 17.7. The van der Waals surface area contributed by atoms with Crippen LogP contribution in [0.1, 0.15) is 59.9 Å². The van der Waals surface area contributed by atoms with Crippen molar-refractivity contribution >= 4 is 23.2 Å². The van der Waals surface area contributed by atoms with Gasteiger partial charge in [-0.3, -0.25) is 0 Å². The zero-order valence-corrected chi connectivity index (χ0v) is 19.4. The Labute approximate surface area is 179 Å². The fourth-order valence-electron chi connectivity index (χ4n) is 3.28. The van der Waals surface area contributed by atoms with Crippen molar-refractivity contribution in [2.75, 3.05) is 13.4 Å². The van der Waals surface area contributed by atoms with Gasteiger partial charge < -0.3 is 18.8 Å². The van der Waals surface area contributed by atoms with Gasteiger partial charge >= 0.3 is 7.12 Å². The third-order valence-electron chi connectivity index (χ3n) is 5.79. The number of rotatable bonds is 9. The highest BCUT2D eigenvalue weighted by molar-refractivity contribution is 7.21. The molecular formula is C23H33BO4S. The Balaban J connectivity index is 1.94. The Morgan fingerprint density at radius 3 is 2.45 bits per heavy atom. The van der Waals surface area contributed by atoms with E-state index in [0.29, 0.717) is 6.61 Å². The average molecular weight is 416 g/mol. The van der Waals surface area contributed by atoms with E-state index in [4.69, 9.17) is 18.8 Å². The molecule has 0 N–H and O–H groups in total.